The van der Waals surface area contributed by atoms with Crippen molar-refractivity contribution in [1.82, 2.24) is 9.97 Å². The first-order valence-corrected chi connectivity index (χ1v) is 6.56. The summed E-state index contributed by atoms with van der Waals surface area (Å²) in [4.78, 5) is 31.0. The summed E-state index contributed by atoms with van der Waals surface area (Å²) in [6.07, 6.45) is 2.65. The van der Waals surface area contributed by atoms with E-state index in [4.69, 9.17) is 19.9 Å². The summed E-state index contributed by atoms with van der Waals surface area (Å²) in [6.45, 7) is -0.340. The van der Waals surface area contributed by atoms with Crippen LogP contribution in [-0.4, -0.2) is 35.2 Å². The van der Waals surface area contributed by atoms with Crippen LogP contribution in [0.2, 0.25) is 0 Å². The van der Waals surface area contributed by atoms with Crippen LogP contribution in [0.1, 0.15) is 10.5 Å². The van der Waals surface area contributed by atoms with Gasteiger partial charge < -0.3 is 25.3 Å². The van der Waals surface area contributed by atoms with Crippen molar-refractivity contribution in [2.75, 3.05) is 24.5 Å². The maximum Gasteiger partial charge on any atom is 0.361 e. The van der Waals surface area contributed by atoms with Gasteiger partial charge in [0.15, 0.2) is 29.6 Å². The number of amides is 1. The maximum atomic E-state index is 11.8. The second kappa shape index (κ2) is 6.18. The lowest BCUT2D eigenvalue weighted by atomic mass is 10.3. The van der Waals surface area contributed by atoms with E-state index < -0.39 is 18.5 Å². The van der Waals surface area contributed by atoms with Crippen LogP contribution < -0.4 is 20.5 Å². The Morgan fingerprint density at radius 3 is 2.83 bits per heavy atom. The molecular formula is C14H12N4O5. The Hall–Kier alpha value is -3.36. The van der Waals surface area contributed by atoms with Crippen molar-refractivity contribution in [1.29, 1.82) is 0 Å². The summed E-state index contributed by atoms with van der Waals surface area (Å²) in [5.41, 5.74) is 5.86. The van der Waals surface area contributed by atoms with E-state index in [0.717, 1.165) is 0 Å². The summed E-state index contributed by atoms with van der Waals surface area (Å²) in [5, 5.41) is 2.57. The average molecular weight is 316 g/mol. The Morgan fingerprint density at radius 1 is 1.22 bits per heavy atom. The quantitative estimate of drug-likeness (QED) is 0.785. The number of ether oxygens (including phenoxy) is 3. The number of rotatable bonds is 4. The number of nitrogens with two attached hydrogens (primary N) is 1. The van der Waals surface area contributed by atoms with Crippen molar-refractivity contribution < 1.29 is 23.8 Å². The Bertz CT molecular complexity index is 765. The van der Waals surface area contributed by atoms with Crippen LogP contribution in [-0.2, 0) is 9.53 Å². The molecule has 23 heavy (non-hydrogen) atoms. The molecule has 0 saturated heterocycles. The molecule has 0 aliphatic carbocycles. The lowest BCUT2D eigenvalue weighted by Crippen LogP contribution is -2.22. The third-order valence-electron chi connectivity index (χ3n) is 2.91. The number of nitrogen functional groups attached to an aromatic ring is 1. The van der Waals surface area contributed by atoms with Crippen LogP contribution in [0.15, 0.2) is 30.6 Å². The molecular weight excluding hydrogens is 304 g/mol. The molecule has 1 aliphatic rings. The fourth-order valence-corrected chi connectivity index (χ4v) is 1.88. The van der Waals surface area contributed by atoms with E-state index in [-0.39, 0.29) is 18.3 Å². The van der Waals surface area contributed by atoms with Crippen molar-refractivity contribution in [3.63, 3.8) is 0 Å². The smallest absolute Gasteiger partial charge is 0.361 e. The molecule has 0 bridgehead atoms. The second-order valence-corrected chi connectivity index (χ2v) is 4.48. The standard InChI is InChI=1S/C14H12N4O5/c15-13-12(16-3-4-17-13)14(20)21-6-11(19)18-8-1-2-9-10(5-8)23-7-22-9/h1-5H,6-7H2,(H2,15,17)(H,18,19). The predicted octanol–water partition coefficient (Wildman–Crippen LogP) is 0.583. The van der Waals surface area contributed by atoms with Crippen LogP contribution in [0.3, 0.4) is 0 Å². The summed E-state index contributed by atoms with van der Waals surface area (Å²) < 4.78 is 15.2. The monoisotopic (exact) mass is 316 g/mol. The van der Waals surface area contributed by atoms with Gasteiger partial charge in [-0.3, -0.25) is 4.79 Å². The number of nitrogens with one attached hydrogen (secondary N) is 1. The van der Waals surface area contributed by atoms with Crippen molar-refractivity contribution in [3.05, 3.63) is 36.3 Å². The Labute approximate surface area is 130 Å². The number of hydrogen-bond donors (Lipinski definition) is 2. The molecule has 0 unspecified atom stereocenters. The summed E-state index contributed by atoms with van der Waals surface area (Å²) in [5.74, 6) is -0.260. The first-order valence-electron chi connectivity index (χ1n) is 6.56. The lowest BCUT2D eigenvalue weighted by molar-refractivity contribution is -0.119. The summed E-state index contributed by atoms with van der Waals surface area (Å²) in [7, 11) is 0. The van der Waals surface area contributed by atoms with Crippen LogP contribution in [0.5, 0.6) is 11.5 Å². The van der Waals surface area contributed by atoms with E-state index in [0.29, 0.717) is 17.2 Å². The molecule has 1 aromatic carbocycles. The number of anilines is 2. The molecule has 2 aromatic rings. The van der Waals surface area contributed by atoms with Gasteiger partial charge in [0.25, 0.3) is 5.91 Å². The van der Waals surface area contributed by atoms with Crippen molar-refractivity contribution in [2.45, 2.75) is 0 Å². The summed E-state index contributed by atoms with van der Waals surface area (Å²) in [6, 6.07) is 4.93. The summed E-state index contributed by atoms with van der Waals surface area (Å²) >= 11 is 0. The molecule has 0 saturated carbocycles. The highest BCUT2D eigenvalue weighted by molar-refractivity contribution is 5.96. The van der Waals surface area contributed by atoms with Crippen LogP contribution in [0.4, 0.5) is 11.5 Å². The van der Waals surface area contributed by atoms with Gasteiger partial charge in [-0.25, -0.2) is 14.8 Å². The van der Waals surface area contributed by atoms with Gasteiger partial charge in [0.1, 0.15) is 0 Å². The van der Waals surface area contributed by atoms with Gasteiger partial charge in [0.05, 0.1) is 0 Å². The largest absolute Gasteiger partial charge is 0.454 e. The zero-order valence-electron chi connectivity index (χ0n) is 11.8. The maximum absolute atomic E-state index is 11.8. The van der Waals surface area contributed by atoms with Gasteiger partial charge in [-0.15, -0.1) is 0 Å². The molecule has 3 rings (SSSR count). The molecule has 2 heterocycles. The van der Waals surface area contributed by atoms with Crippen molar-refractivity contribution in [2.24, 2.45) is 0 Å². The van der Waals surface area contributed by atoms with Crippen LogP contribution in [0, 0.1) is 0 Å². The van der Waals surface area contributed by atoms with Gasteiger partial charge in [0, 0.05) is 24.1 Å². The predicted molar refractivity (Wildman–Crippen MR) is 77.9 cm³/mol. The van der Waals surface area contributed by atoms with Gasteiger partial charge in [0.2, 0.25) is 6.79 Å². The highest BCUT2D eigenvalue weighted by atomic mass is 16.7. The number of hydrogen-bond acceptors (Lipinski definition) is 8. The van der Waals surface area contributed by atoms with Crippen LogP contribution in [0.25, 0.3) is 0 Å². The third-order valence-corrected chi connectivity index (χ3v) is 2.91. The first-order chi connectivity index (χ1) is 11.1. The molecule has 9 nitrogen and oxygen atoms in total. The van der Waals surface area contributed by atoms with E-state index in [2.05, 4.69) is 15.3 Å². The Morgan fingerprint density at radius 2 is 2.00 bits per heavy atom. The molecule has 118 valence electrons. The average Bonchev–Trinajstić information content (AvgIpc) is 3.01. The Balaban J connectivity index is 1.56. The normalized spacial score (nSPS) is 11.8. The number of benzene rings is 1. The minimum absolute atomic E-state index is 0.0614. The number of nitrogens with zero attached hydrogens (tertiary/aromatic N) is 2. The topological polar surface area (TPSA) is 126 Å². The van der Waals surface area contributed by atoms with Gasteiger partial charge in [-0.1, -0.05) is 0 Å². The molecule has 1 amide bonds. The van der Waals surface area contributed by atoms with E-state index in [1.54, 1.807) is 18.2 Å². The molecule has 0 atom stereocenters. The Kier molecular flexibility index (Phi) is 3.91. The number of carbonyl (C=O) groups is 2. The fraction of sp³-hybridized carbons (Fsp3) is 0.143. The van der Waals surface area contributed by atoms with E-state index >= 15 is 0 Å². The van der Waals surface area contributed by atoms with E-state index in [1.807, 2.05) is 0 Å². The molecule has 3 N–H and O–H groups in total. The van der Waals surface area contributed by atoms with E-state index in [1.165, 1.54) is 12.4 Å². The van der Waals surface area contributed by atoms with Gasteiger partial charge in [-0.2, -0.15) is 0 Å². The second-order valence-electron chi connectivity index (χ2n) is 4.48. The van der Waals surface area contributed by atoms with E-state index in [9.17, 15) is 9.59 Å². The number of aromatic nitrogens is 2. The lowest BCUT2D eigenvalue weighted by Gasteiger charge is -2.07. The molecule has 9 heteroatoms. The zero-order chi connectivity index (χ0) is 16.2. The van der Waals surface area contributed by atoms with Crippen molar-refractivity contribution >= 4 is 23.4 Å². The minimum Gasteiger partial charge on any atom is -0.454 e. The highest BCUT2D eigenvalue weighted by Gasteiger charge is 2.17. The molecule has 1 aliphatic heterocycles. The SMILES string of the molecule is Nc1nccnc1C(=O)OCC(=O)Nc1ccc2c(c1)OCO2. The molecule has 1 aromatic heterocycles. The zero-order valence-corrected chi connectivity index (χ0v) is 11.8. The first kappa shape index (κ1) is 14.6. The molecule has 0 fully saturated rings. The number of esters is 1. The van der Waals surface area contributed by atoms with Gasteiger partial charge >= 0.3 is 5.97 Å². The number of fused-ring (bicyclic) bond motifs is 1. The number of carbonyl (C=O) groups excluding carboxylic acids is 2. The molecule has 0 spiro atoms. The van der Waals surface area contributed by atoms with Crippen LogP contribution >= 0.6 is 0 Å². The van der Waals surface area contributed by atoms with Gasteiger partial charge in [-0.05, 0) is 12.1 Å². The highest BCUT2D eigenvalue weighted by Crippen LogP contribution is 2.34. The minimum atomic E-state index is -0.823. The van der Waals surface area contributed by atoms with Crippen molar-refractivity contribution in [3.8, 4) is 11.5 Å². The molecule has 0 radical (unpaired) electrons. The third kappa shape index (κ3) is 3.28. The fourth-order valence-electron chi connectivity index (χ4n) is 1.88.